The topological polar surface area (TPSA) is 70.1 Å². The van der Waals surface area contributed by atoms with E-state index in [0.29, 0.717) is 17.7 Å². The summed E-state index contributed by atoms with van der Waals surface area (Å²) in [5.41, 5.74) is 10.0. The Labute approximate surface area is 150 Å². The number of aromatic nitrogens is 2. The van der Waals surface area contributed by atoms with Crippen LogP contribution < -0.4 is 5.73 Å². The number of amides is 1. The molecule has 1 fully saturated rings. The van der Waals surface area contributed by atoms with Crippen molar-refractivity contribution in [1.82, 2.24) is 9.55 Å². The number of carbonyl (C=O) groups is 1. The molecule has 1 amide bonds. The molecule has 2 N–H and O–H groups in total. The summed E-state index contributed by atoms with van der Waals surface area (Å²) < 4.78 is 7.71. The van der Waals surface area contributed by atoms with Gasteiger partial charge in [0, 0.05) is 30.9 Å². The molecule has 1 aliphatic carbocycles. The fourth-order valence-electron chi connectivity index (χ4n) is 3.86. The second-order valence-corrected chi connectivity index (χ2v) is 7.47. The summed E-state index contributed by atoms with van der Waals surface area (Å²) >= 11 is 1.56. The Hall–Kier alpha value is -2.18. The minimum absolute atomic E-state index is 0.353. The van der Waals surface area contributed by atoms with Crippen LogP contribution in [0.5, 0.6) is 0 Å². The highest BCUT2D eigenvalue weighted by Gasteiger charge is 2.24. The highest BCUT2D eigenvalue weighted by molar-refractivity contribution is 7.13. The van der Waals surface area contributed by atoms with E-state index in [0.717, 1.165) is 47.0 Å². The van der Waals surface area contributed by atoms with Crippen molar-refractivity contribution in [2.45, 2.75) is 37.8 Å². The van der Waals surface area contributed by atoms with E-state index in [1.165, 1.54) is 0 Å². The van der Waals surface area contributed by atoms with Gasteiger partial charge in [-0.25, -0.2) is 0 Å². The van der Waals surface area contributed by atoms with Crippen molar-refractivity contribution in [3.63, 3.8) is 0 Å². The second-order valence-electron chi connectivity index (χ2n) is 6.58. The number of benzene rings is 1. The van der Waals surface area contributed by atoms with E-state index < -0.39 is 0 Å². The van der Waals surface area contributed by atoms with Crippen LogP contribution in [0.4, 0.5) is 0 Å². The molecule has 0 aliphatic heterocycles. The maximum Gasteiger partial charge on any atom is 0.250 e. The van der Waals surface area contributed by atoms with E-state index in [4.69, 9.17) is 10.5 Å². The third-order valence-corrected chi connectivity index (χ3v) is 5.99. The van der Waals surface area contributed by atoms with Crippen molar-refractivity contribution < 1.29 is 9.53 Å². The molecular formula is C19H21N3O2S. The molecule has 130 valence electrons. The zero-order valence-electron chi connectivity index (χ0n) is 14.1. The molecule has 4 rings (SSSR count). The number of hydrogen-bond donors (Lipinski definition) is 1. The summed E-state index contributed by atoms with van der Waals surface area (Å²) in [6.45, 7) is 0. The Morgan fingerprint density at radius 2 is 2.12 bits per heavy atom. The lowest BCUT2D eigenvalue weighted by molar-refractivity contribution is 0.0589. The van der Waals surface area contributed by atoms with Crippen LogP contribution in [0.2, 0.25) is 0 Å². The van der Waals surface area contributed by atoms with Crippen molar-refractivity contribution in [2.75, 3.05) is 7.11 Å². The first kappa shape index (κ1) is 16.3. The van der Waals surface area contributed by atoms with Gasteiger partial charge in [-0.05, 0) is 49.4 Å². The van der Waals surface area contributed by atoms with E-state index in [1.807, 2.05) is 12.3 Å². The lowest BCUT2D eigenvalue weighted by Crippen LogP contribution is -2.23. The molecule has 0 spiro atoms. The van der Waals surface area contributed by atoms with Crippen molar-refractivity contribution in [3.8, 4) is 10.4 Å². The molecule has 25 heavy (non-hydrogen) atoms. The Balaban J connectivity index is 1.78. The first-order valence-corrected chi connectivity index (χ1v) is 9.41. The molecule has 0 bridgehead atoms. The number of thiazole rings is 1. The summed E-state index contributed by atoms with van der Waals surface area (Å²) in [6, 6.07) is 6.48. The lowest BCUT2D eigenvalue weighted by Gasteiger charge is -2.29. The standard InChI is InChI=1S/C19H21N3O2S/c1-24-15-4-2-14(3-5-15)22-7-6-12-8-13(17-10-21-11-25-17)9-16(18(12)22)19(20)23/h6-11,14-15H,2-5H2,1H3,(H2,20,23). The third kappa shape index (κ3) is 2.96. The van der Waals surface area contributed by atoms with Gasteiger partial charge < -0.3 is 15.0 Å². The molecule has 0 unspecified atom stereocenters. The van der Waals surface area contributed by atoms with Gasteiger partial charge in [0.15, 0.2) is 0 Å². The molecule has 2 aromatic heterocycles. The monoisotopic (exact) mass is 355 g/mol. The van der Waals surface area contributed by atoms with E-state index >= 15 is 0 Å². The molecule has 5 nitrogen and oxygen atoms in total. The lowest BCUT2D eigenvalue weighted by atomic mass is 9.92. The van der Waals surface area contributed by atoms with Gasteiger partial charge in [-0.3, -0.25) is 9.78 Å². The fourth-order valence-corrected chi connectivity index (χ4v) is 4.47. The molecule has 1 saturated carbocycles. The molecule has 6 heteroatoms. The first-order valence-electron chi connectivity index (χ1n) is 8.53. The summed E-state index contributed by atoms with van der Waals surface area (Å²) in [6.07, 6.45) is 8.46. The van der Waals surface area contributed by atoms with Crippen LogP contribution in [0.15, 0.2) is 36.1 Å². The fraction of sp³-hybridized carbons (Fsp3) is 0.368. The summed E-state index contributed by atoms with van der Waals surface area (Å²) in [5.74, 6) is -0.387. The highest BCUT2D eigenvalue weighted by Crippen LogP contribution is 2.36. The maximum absolute atomic E-state index is 12.1. The van der Waals surface area contributed by atoms with Crippen LogP contribution in [-0.4, -0.2) is 28.7 Å². The zero-order chi connectivity index (χ0) is 17.4. The van der Waals surface area contributed by atoms with Gasteiger partial charge in [0.25, 0.3) is 5.91 Å². The van der Waals surface area contributed by atoms with Crippen molar-refractivity contribution in [2.24, 2.45) is 5.73 Å². The molecule has 0 atom stereocenters. The molecule has 1 aliphatic rings. The number of methoxy groups -OCH3 is 1. The van der Waals surface area contributed by atoms with Crippen LogP contribution in [0.25, 0.3) is 21.3 Å². The van der Waals surface area contributed by atoms with Crippen molar-refractivity contribution >= 4 is 28.1 Å². The number of primary amides is 1. The van der Waals surface area contributed by atoms with Crippen LogP contribution in [0, 0.1) is 0 Å². The highest BCUT2D eigenvalue weighted by atomic mass is 32.1. The molecule has 2 heterocycles. The van der Waals surface area contributed by atoms with Crippen molar-refractivity contribution in [1.29, 1.82) is 0 Å². The van der Waals surface area contributed by atoms with Gasteiger partial charge in [-0.2, -0.15) is 0 Å². The summed E-state index contributed by atoms with van der Waals surface area (Å²) in [7, 11) is 1.78. The molecule has 0 radical (unpaired) electrons. The van der Waals surface area contributed by atoms with Gasteiger partial charge in [0.1, 0.15) is 0 Å². The summed E-state index contributed by atoms with van der Waals surface area (Å²) in [5, 5.41) is 1.05. The number of ether oxygens (including phenoxy) is 1. The Morgan fingerprint density at radius 1 is 1.32 bits per heavy atom. The van der Waals surface area contributed by atoms with Crippen LogP contribution in [-0.2, 0) is 4.74 Å². The van der Waals surface area contributed by atoms with E-state index in [9.17, 15) is 4.79 Å². The zero-order valence-corrected chi connectivity index (χ0v) is 15.0. The van der Waals surface area contributed by atoms with Gasteiger partial charge in [0.2, 0.25) is 0 Å². The maximum atomic E-state index is 12.1. The molecule has 3 aromatic rings. The molecule has 0 saturated heterocycles. The Bertz CT molecular complexity index is 893. The van der Waals surface area contributed by atoms with E-state index in [1.54, 1.807) is 24.0 Å². The number of nitrogens with two attached hydrogens (primary N) is 1. The quantitative estimate of drug-likeness (QED) is 0.769. The summed E-state index contributed by atoms with van der Waals surface area (Å²) in [4.78, 5) is 17.3. The predicted molar refractivity (Wildman–Crippen MR) is 99.9 cm³/mol. The van der Waals surface area contributed by atoms with Gasteiger partial charge in [0.05, 0.1) is 27.6 Å². The van der Waals surface area contributed by atoms with E-state index in [2.05, 4.69) is 27.9 Å². The van der Waals surface area contributed by atoms with E-state index in [-0.39, 0.29) is 5.91 Å². The minimum atomic E-state index is -0.387. The number of carbonyl (C=O) groups excluding carboxylic acids is 1. The van der Waals surface area contributed by atoms with Gasteiger partial charge in [-0.15, -0.1) is 11.3 Å². The van der Waals surface area contributed by atoms with Gasteiger partial charge in [-0.1, -0.05) is 0 Å². The van der Waals surface area contributed by atoms with Crippen LogP contribution in [0.3, 0.4) is 0 Å². The SMILES string of the molecule is COC1CCC(n2ccc3cc(-c4cncs4)cc(C(N)=O)c32)CC1. The second kappa shape index (κ2) is 6.61. The van der Waals surface area contributed by atoms with Crippen LogP contribution >= 0.6 is 11.3 Å². The van der Waals surface area contributed by atoms with Crippen molar-refractivity contribution in [3.05, 3.63) is 41.7 Å². The molecular weight excluding hydrogens is 334 g/mol. The average Bonchev–Trinajstić information content (AvgIpc) is 3.30. The van der Waals surface area contributed by atoms with Gasteiger partial charge >= 0.3 is 0 Å². The van der Waals surface area contributed by atoms with Crippen LogP contribution in [0.1, 0.15) is 42.1 Å². The number of nitrogens with zero attached hydrogens (tertiary/aromatic N) is 2. The average molecular weight is 355 g/mol. The largest absolute Gasteiger partial charge is 0.381 e. The predicted octanol–water partition coefficient (Wildman–Crippen LogP) is 3.99. The third-order valence-electron chi connectivity index (χ3n) is 5.17. The Kier molecular flexibility index (Phi) is 4.31. The first-order chi connectivity index (χ1) is 12.2. The number of fused-ring (bicyclic) bond motifs is 1. The molecule has 1 aromatic carbocycles. The number of hydrogen-bond acceptors (Lipinski definition) is 4. The normalized spacial score (nSPS) is 20.8. The number of rotatable bonds is 4. The Morgan fingerprint density at radius 3 is 2.76 bits per heavy atom. The smallest absolute Gasteiger partial charge is 0.250 e. The minimum Gasteiger partial charge on any atom is -0.381 e.